The van der Waals surface area contributed by atoms with Crippen LogP contribution in [-0.4, -0.2) is 20.2 Å². The summed E-state index contributed by atoms with van der Waals surface area (Å²) in [5.41, 5.74) is -1.09. The van der Waals surface area contributed by atoms with E-state index in [1.807, 2.05) is 10.1 Å². The molecule has 14 heavy (non-hydrogen) atoms. The average molecular weight is 204 g/mol. The summed E-state index contributed by atoms with van der Waals surface area (Å²) in [6, 6.07) is 0. The van der Waals surface area contributed by atoms with Gasteiger partial charge in [-0.3, -0.25) is 4.79 Å². The van der Waals surface area contributed by atoms with Gasteiger partial charge in [0.15, 0.2) is 5.52 Å². The third-order valence-corrected chi connectivity index (χ3v) is 1.58. The number of nitrogens with zero attached hydrogens (tertiary/aromatic N) is 2. The molecule has 0 unspecified atom stereocenters. The third-order valence-electron chi connectivity index (χ3n) is 1.58. The summed E-state index contributed by atoms with van der Waals surface area (Å²) in [5, 5.41) is 5.32. The molecule has 0 bridgehead atoms. The highest BCUT2D eigenvalue weighted by molar-refractivity contribution is 5.72. The predicted octanol–water partition coefficient (Wildman–Crippen LogP) is 0.665. The van der Waals surface area contributed by atoms with Crippen molar-refractivity contribution in [3.63, 3.8) is 0 Å². The molecule has 0 saturated carbocycles. The predicted molar refractivity (Wildman–Crippen MR) is 39.5 cm³/mol. The number of nitrogens with one attached hydrogen (secondary N) is 2. The molecule has 2 heterocycles. The Balaban J connectivity index is 2.75. The van der Waals surface area contributed by atoms with Gasteiger partial charge >= 0.3 is 6.18 Å². The fourth-order valence-electron chi connectivity index (χ4n) is 0.996. The molecule has 5 nitrogen and oxygen atoms in total. The molecule has 0 fully saturated rings. The van der Waals surface area contributed by atoms with E-state index in [2.05, 4.69) is 10.1 Å². The second kappa shape index (κ2) is 2.56. The molecule has 0 amide bonds. The van der Waals surface area contributed by atoms with Crippen LogP contribution < -0.4 is 5.56 Å². The Kier molecular flexibility index (Phi) is 1.60. The maximum Gasteiger partial charge on any atom is 0.449 e. The molecular weight excluding hydrogens is 201 g/mol. The number of aromatic amines is 2. The Morgan fingerprint density at radius 2 is 2.07 bits per heavy atom. The Morgan fingerprint density at radius 1 is 1.36 bits per heavy atom. The smallest absolute Gasteiger partial charge is 0.333 e. The minimum atomic E-state index is -4.59. The number of hydrogen-bond acceptors (Lipinski definition) is 3. The highest BCUT2D eigenvalue weighted by atomic mass is 19.4. The number of aromatic nitrogens is 4. The molecule has 0 aliphatic carbocycles. The Morgan fingerprint density at radius 3 is 2.64 bits per heavy atom. The highest BCUT2D eigenvalue weighted by Gasteiger charge is 2.35. The lowest BCUT2D eigenvalue weighted by Crippen LogP contribution is -2.09. The molecule has 0 spiro atoms. The lowest BCUT2D eigenvalue weighted by molar-refractivity contribution is -0.144. The number of alkyl halides is 3. The van der Waals surface area contributed by atoms with Gasteiger partial charge in [0.1, 0.15) is 0 Å². The fraction of sp³-hybridized carbons (Fsp3) is 0.167. The van der Waals surface area contributed by atoms with Crippen molar-refractivity contribution in [3.05, 3.63) is 22.4 Å². The maximum absolute atomic E-state index is 12.1. The highest BCUT2D eigenvalue weighted by Crippen LogP contribution is 2.27. The van der Waals surface area contributed by atoms with Gasteiger partial charge in [0, 0.05) is 0 Å². The van der Waals surface area contributed by atoms with Gasteiger partial charge in [-0.05, 0) is 0 Å². The van der Waals surface area contributed by atoms with E-state index in [-0.39, 0.29) is 11.0 Å². The molecule has 0 aromatic carbocycles. The van der Waals surface area contributed by atoms with Gasteiger partial charge < -0.3 is 4.98 Å². The number of rotatable bonds is 0. The minimum Gasteiger partial charge on any atom is -0.333 e. The van der Waals surface area contributed by atoms with Crippen molar-refractivity contribution >= 4 is 11.0 Å². The van der Waals surface area contributed by atoms with Crippen LogP contribution in [0.4, 0.5) is 13.2 Å². The van der Waals surface area contributed by atoms with Crippen molar-refractivity contribution < 1.29 is 13.2 Å². The second-order valence-electron chi connectivity index (χ2n) is 2.54. The van der Waals surface area contributed by atoms with E-state index in [0.29, 0.717) is 0 Å². The molecule has 2 aromatic heterocycles. The first-order valence-corrected chi connectivity index (χ1v) is 3.49. The van der Waals surface area contributed by atoms with Crippen LogP contribution in [-0.2, 0) is 6.18 Å². The van der Waals surface area contributed by atoms with Gasteiger partial charge in [-0.1, -0.05) is 0 Å². The molecule has 0 radical (unpaired) electrons. The standard InChI is InChI=1S/C6H3F3N4O/c7-6(8,9)5-11-2-1-10-13-4(14)3(2)12-5/h1H,(H,11,12)(H,13,14). The van der Waals surface area contributed by atoms with E-state index in [9.17, 15) is 18.0 Å². The normalized spacial score (nSPS) is 12.2. The lowest BCUT2D eigenvalue weighted by Gasteiger charge is -1.98. The van der Waals surface area contributed by atoms with Crippen molar-refractivity contribution in [1.29, 1.82) is 0 Å². The molecule has 2 aromatic rings. The molecule has 8 heteroatoms. The maximum atomic E-state index is 12.1. The molecule has 74 valence electrons. The van der Waals surface area contributed by atoms with Crippen molar-refractivity contribution in [1.82, 2.24) is 20.2 Å². The summed E-state index contributed by atoms with van der Waals surface area (Å²) in [6.45, 7) is 0. The summed E-state index contributed by atoms with van der Waals surface area (Å²) in [7, 11) is 0. The van der Waals surface area contributed by atoms with Crippen molar-refractivity contribution in [2.45, 2.75) is 6.18 Å². The number of H-pyrrole nitrogens is 2. The van der Waals surface area contributed by atoms with E-state index in [1.54, 1.807) is 0 Å². The van der Waals surface area contributed by atoms with Crippen LogP contribution in [0.2, 0.25) is 0 Å². The van der Waals surface area contributed by atoms with Crippen LogP contribution in [0.15, 0.2) is 11.0 Å². The SMILES string of the molecule is O=c1[nH]ncc2[nH]c(C(F)(F)F)nc12. The van der Waals surface area contributed by atoms with Gasteiger partial charge in [0.2, 0.25) is 5.82 Å². The quantitative estimate of drug-likeness (QED) is 0.662. The lowest BCUT2D eigenvalue weighted by atomic mass is 10.5. The average Bonchev–Trinajstić information content (AvgIpc) is 2.48. The van der Waals surface area contributed by atoms with Crippen molar-refractivity contribution in [2.24, 2.45) is 0 Å². The summed E-state index contributed by atoms with van der Waals surface area (Å²) in [6.07, 6.45) is -3.52. The molecule has 0 saturated heterocycles. The van der Waals surface area contributed by atoms with Gasteiger partial charge in [-0.25, -0.2) is 10.1 Å². The zero-order valence-electron chi connectivity index (χ0n) is 6.51. The van der Waals surface area contributed by atoms with Crippen LogP contribution in [0.1, 0.15) is 5.82 Å². The molecule has 2 N–H and O–H groups in total. The fourth-order valence-corrected chi connectivity index (χ4v) is 0.996. The van der Waals surface area contributed by atoms with E-state index < -0.39 is 17.6 Å². The first-order valence-electron chi connectivity index (χ1n) is 3.49. The van der Waals surface area contributed by atoms with E-state index >= 15 is 0 Å². The Bertz CT molecular complexity index is 526. The summed E-state index contributed by atoms with van der Waals surface area (Å²) in [4.78, 5) is 16.0. The van der Waals surface area contributed by atoms with E-state index in [4.69, 9.17) is 0 Å². The van der Waals surface area contributed by atoms with Crippen molar-refractivity contribution in [3.8, 4) is 0 Å². The Labute approximate surface area is 74.0 Å². The molecule has 0 atom stereocenters. The summed E-state index contributed by atoms with van der Waals surface area (Å²) < 4.78 is 36.4. The second-order valence-corrected chi connectivity index (χ2v) is 2.54. The number of fused-ring (bicyclic) bond motifs is 1. The van der Waals surface area contributed by atoms with Crippen LogP contribution in [0.3, 0.4) is 0 Å². The topological polar surface area (TPSA) is 74.4 Å². The van der Waals surface area contributed by atoms with Gasteiger partial charge in [0.25, 0.3) is 5.56 Å². The number of imidazole rings is 1. The number of halogens is 3. The molecule has 0 aliphatic rings. The zero-order chi connectivity index (χ0) is 10.3. The Hall–Kier alpha value is -1.86. The molecule has 2 rings (SSSR count). The summed E-state index contributed by atoms with van der Waals surface area (Å²) in [5.74, 6) is -1.20. The van der Waals surface area contributed by atoms with Crippen molar-refractivity contribution in [2.75, 3.05) is 0 Å². The largest absolute Gasteiger partial charge is 0.449 e. The van der Waals surface area contributed by atoms with Crippen LogP contribution >= 0.6 is 0 Å². The zero-order valence-corrected chi connectivity index (χ0v) is 6.51. The van der Waals surface area contributed by atoms with Crippen LogP contribution in [0.5, 0.6) is 0 Å². The molecular formula is C6H3F3N4O. The summed E-state index contributed by atoms with van der Waals surface area (Å²) >= 11 is 0. The van der Waals surface area contributed by atoms with Gasteiger partial charge in [0.05, 0.1) is 11.7 Å². The molecule has 0 aliphatic heterocycles. The van der Waals surface area contributed by atoms with Gasteiger partial charge in [-0.15, -0.1) is 0 Å². The minimum absolute atomic E-state index is 0.0407. The van der Waals surface area contributed by atoms with E-state index in [0.717, 1.165) is 6.20 Å². The first kappa shape index (κ1) is 8.73. The van der Waals surface area contributed by atoms with E-state index in [1.165, 1.54) is 0 Å². The van der Waals surface area contributed by atoms with Gasteiger partial charge in [-0.2, -0.15) is 18.3 Å². The van der Waals surface area contributed by atoms with Crippen LogP contribution in [0, 0.1) is 0 Å². The number of hydrogen-bond donors (Lipinski definition) is 2. The monoisotopic (exact) mass is 204 g/mol. The first-order chi connectivity index (χ1) is 6.48. The third kappa shape index (κ3) is 1.24. The van der Waals surface area contributed by atoms with Crippen LogP contribution in [0.25, 0.3) is 11.0 Å².